The molecular formula is C17H15BrN2O4. The Kier molecular flexibility index (Phi) is 3.68. The van der Waals surface area contributed by atoms with Gasteiger partial charge in [0.1, 0.15) is 6.04 Å². The molecule has 1 aliphatic heterocycles. The second kappa shape index (κ2) is 5.73. The number of hydrogen-bond donors (Lipinski definition) is 1. The molecule has 1 fully saturated rings. The third kappa shape index (κ3) is 2.62. The Labute approximate surface area is 146 Å². The van der Waals surface area contributed by atoms with Crippen LogP contribution in [0.25, 0.3) is 0 Å². The lowest BCUT2D eigenvalue weighted by atomic mass is 9.93. The van der Waals surface area contributed by atoms with Crippen LogP contribution >= 0.6 is 15.9 Å². The molecule has 7 heteroatoms. The molecule has 1 saturated carbocycles. The summed E-state index contributed by atoms with van der Waals surface area (Å²) >= 11 is 3.46. The van der Waals surface area contributed by atoms with Crippen LogP contribution in [0.5, 0.6) is 0 Å². The van der Waals surface area contributed by atoms with Gasteiger partial charge in [-0.15, -0.1) is 0 Å². The maximum absolute atomic E-state index is 12.8. The number of carboxylic acid groups (broad SMARTS) is 1. The molecular weight excluding hydrogens is 376 g/mol. The number of benzene rings is 1. The van der Waals surface area contributed by atoms with E-state index in [4.69, 9.17) is 4.52 Å². The zero-order valence-corrected chi connectivity index (χ0v) is 14.3. The van der Waals surface area contributed by atoms with Crippen molar-refractivity contribution in [1.29, 1.82) is 0 Å². The molecule has 1 amide bonds. The molecule has 0 radical (unpaired) electrons. The van der Waals surface area contributed by atoms with Gasteiger partial charge in [0.2, 0.25) is 5.76 Å². The maximum Gasteiger partial charge on any atom is 0.326 e. The van der Waals surface area contributed by atoms with Crippen LogP contribution in [0.1, 0.15) is 46.1 Å². The van der Waals surface area contributed by atoms with Gasteiger partial charge in [0.25, 0.3) is 5.91 Å². The van der Waals surface area contributed by atoms with Gasteiger partial charge >= 0.3 is 5.97 Å². The maximum atomic E-state index is 12.8. The first-order valence-corrected chi connectivity index (χ1v) is 8.60. The predicted molar refractivity (Wildman–Crippen MR) is 87.6 cm³/mol. The number of carbonyl (C=O) groups excluding carboxylic acids is 1. The Hall–Kier alpha value is -2.15. The quantitative estimate of drug-likeness (QED) is 0.870. The van der Waals surface area contributed by atoms with Gasteiger partial charge in [0, 0.05) is 29.4 Å². The highest BCUT2D eigenvalue weighted by Crippen LogP contribution is 2.39. The van der Waals surface area contributed by atoms with Gasteiger partial charge in [-0.3, -0.25) is 4.79 Å². The zero-order valence-electron chi connectivity index (χ0n) is 12.7. The number of fused-ring (bicyclic) bond motifs is 1. The van der Waals surface area contributed by atoms with Gasteiger partial charge in [-0.25, -0.2) is 4.79 Å². The van der Waals surface area contributed by atoms with E-state index in [-0.39, 0.29) is 18.7 Å². The number of rotatable bonds is 3. The summed E-state index contributed by atoms with van der Waals surface area (Å²) < 4.78 is 6.05. The molecule has 1 N–H and O–H groups in total. The van der Waals surface area contributed by atoms with Crippen molar-refractivity contribution in [3.05, 3.63) is 51.3 Å². The molecule has 1 unspecified atom stereocenters. The zero-order chi connectivity index (χ0) is 16.8. The molecule has 0 bridgehead atoms. The van der Waals surface area contributed by atoms with Gasteiger partial charge in [0.15, 0.2) is 0 Å². The van der Waals surface area contributed by atoms with Crippen molar-refractivity contribution in [2.24, 2.45) is 0 Å². The van der Waals surface area contributed by atoms with Crippen molar-refractivity contribution in [3.8, 4) is 0 Å². The number of aromatic nitrogens is 1. The van der Waals surface area contributed by atoms with E-state index >= 15 is 0 Å². The van der Waals surface area contributed by atoms with E-state index < -0.39 is 17.9 Å². The van der Waals surface area contributed by atoms with Crippen molar-refractivity contribution < 1.29 is 19.2 Å². The molecule has 1 aliphatic carbocycles. The molecule has 2 aliphatic rings. The fourth-order valence-electron chi connectivity index (χ4n) is 3.11. The number of carboxylic acids is 1. The SMILES string of the molecule is O=C(O)C1Cc2c(Br)cccc2CN1C(=O)c1cc(C2CC2)no1. The van der Waals surface area contributed by atoms with Gasteiger partial charge in [-0.05, 0) is 30.0 Å². The third-order valence-electron chi connectivity index (χ3n) is 4.61. The lowest BCUT2D eigenvalue weighted by Gasteiger charge is -2.34. The van der Waals surface area contributed by atoms with Crippen LogP contribution in [-0.4, -0.2) is 33.1 Å². The average Bonchev–Trinajstić information content (AvgIpc) is 3.30. The third-order valence-corrected chi connectivity index (χ3v) is 5.35. The molecule has 1 aromatic carbocycles. The molecule has 24 heavy (non-hydrogen) atoms. The smallest absolute Gasteiger partial charge is 0.326 e. The Morgan fingerprint density at radius 1 is 1.33 bits per heavy atom. The highest BCUT2D eigenvalue weighted by molar-refractivity contribution is 9.10. The van der Waals surface area contributed by atoms with Crippen molar-refractivity contribution in [2.45, 2.75) is 37.8 Å². The van der Waals surface area contributed by atoms with Gasteiger partial charge in [0.05, 0.1) is 5.69 Å². The first-order valence-electron chi connectivity index (χ1n) is 7.81. The Balaban J connectivity index is 1.66. The highest BCUT2D eigenvalue weighted by Gasteiger charge is 2.38. The predicted octanol–water partition coefficient (Wildman–Crippen LogP) is 2.97. The second-order valence-corrected chi connectivity index (χ2v) is 7.11. The highest BCUT2D eigenvalue weighted by atomic mass is 79.9. The minimum Gasteiger partial charge on any atom is -0.480 e. The van der Waals surface area contributed by atoms with E-state index in [1.54, 1.807) is 6.07 Å². The molecule has 1 atom stereocenters. The second-order valence-electron chi connectivity index (χ2n) is 6.26. The minimum absolute atomic E-state index is 0.113. The number of halogens is 1. The standard InChI is InChI=1S/C17H15BrN2O4/c18-12-3-1-2-10-8-20(14(17(22)23)6-11(10)12)16(21)15-7-13(19-24-15)9-4-5-9/h1-3,7,9,14H,4-6,8H2,(H,22,23). The topological polar surface area (TPSA) is 83.6 Å². The molecule has 124 valence electrons. The van der Waals surface area contributed by atoms with Crippen molar-refractivity contribution >= 4 is 27.8 Å². The minimum atomic E-state index is -1.02. The van der Waals surface area contributed by atoms with E-state index in [1.807, 2.05) is 18.2 Å². The number of amides is 1. The average molecular weight is 391 g/mol. The molecule has 0 spiro atoms. The van der Waals surface area contributed by atoms with E-state index in [1.165, 1.54) is 4.90 Å². The molecule has 6 nitrogen and oxygen atoms in total. The van der Waals surface area contributed by atoms with Gasteiger partial charge in [-0.1, -0.05) is 33.2 Å². The van der Waals surface area contributed by atoms with Crippen LogP contribution in [0, 0.1) is 0 Å². The lowest BCUT2D eigenvalue weighted by molar-refractivity contribution is -0.142. The first-order chi connectivity index (χ1) is 11.5. The first kappa shape index (κ1) is 15.4. The monoisotopic (exact) mass is 390 g/mol. The van der Waals surface area contributed by atoms with Crippen LogP contribution in [0.15, 0.2) is 33.3 Å². The van der Waals surface area contributed by atoms with E-state index in [0.717, 1.165) is 34.1 Å². The van der Waals surface area contributed by atoms with Crippen LogP contribution in [-0.2, 0) is 17.8 Å². The summed E-state index contributed by atoms with van der Waals surface area (Å²) in [5, 5.41) is 13.5. The van der Waals surface area contributed by atoms with Crippen molar-refractivity contribution in [2.75, 3.05) is 0 Å². The van der Waals surface area contributed by atoms with Crippen LogP contribution in [0.4, 0.5) is 0 Å². The molecule has 2 aromatic rings. The van der Waals surface area contributed by atoms with Crippen LogP contribution < -0.4 is 0 Å². The van der Waals surface area contributed by atoms with E-state index in [9.17, 15) is 14.7 Å². The summed E-state index contributed by atoms with van der Waals surface area (Å²) in [4.78, 5) is 25.8. The fraction of sp³-hybridized carbons (Fsp3) is 0.353. The van der Waals surface area contributed by atoms with Gasteiger partial charge < -0.3 is 14.5 Å². The Morgan fingerprint density at radius 2 is 2.12 bits per heavy atom. The van der Waals surface area contributed by atoms with Crippen LogP contribution in [0.2, 0.25) is 0 Å². The summed E-state index contributed by atoms with van der Waals surface area (Å²) in [6.45, 7) is 0.240. The van der Waals surface area contributed by atoms with E-state index in [2.05, 4.69) is 21.1 Å². The molecule has 4 rings (SSSR count). The summed E-state index contributed by atoms with van der Waals surface area (Å²) in [5.41, 5.74) is 2.66. The Bertz CT molecular complexity index is 828. The normalized spacial score (nSPS) is 19.9. The van der Waals surface area contributed by atoms with Gasteiger partial charge in [-0.2, -0.15) is 0 Å². The number of carbonyl (C=O) groups is 2. The largest absolute Gasteiger partial charge is 0.480 e. The molecule has 0 saturated heterocycles. The summed E-state index contributed by atoms with van der Waals surface area (Å²) in [7, 11) is 0. The summed E-state index contributed by atoms with van der Waals surface area (Å²) in [5.74, 6) is -0.954. The lowest BCUT2D eigenvalue weighted by Crippen LogP contribution is -2.48. The fourth-order valence-corrected chi connectivity index (χ4v) is 3.68. The summed E-state index contributed by atoms with van der Waals surface area (Å²) in [6, 6.07) is 6.40. The van der Waals surface area contributed by atoms with E-state index in [0.29, 0.717) is 5.92 Å². The number of hydrogen-bond acceptors (Lipinski definition) is 4. The Morgan fingerprint density at radius 3 is 2.83 bits per heavy atom. The molecule has 1 aromatic heterocycles. The summed E-state index contributed by atoms with van der Waals surface area (Å²) in [6.07, 6.45) is 2.38. The van der Waals surface area contributed by atoms with Crippen molar-refractivity contribution in [3.63, 3.8) is 0 Å². The van der Waals surface area contributed by atoms with Crippen LogP contribution in [0.3, 0.4) is 0 Å². The van der Waals surface area contributed by atoms with Crippen molar-refractivity contribution in [1.82, 2.24) is 10.1 Å². The number of nitrogens with zero attached hydrogens (tertiary/aromatic N) is 2. The number of aliphatic carboxylic acids is 1. The molecule has 2 heterocycles.